The molecule has 1 aliphatic heterocycles. The van der Waals surface area contributed by atoms with Crippen LogP contribution in [0.15, 0.2) is 30.5 Å². The fraction of sp³-hybridized carbons (Fsp3) is 0.267. The molecule has 0 saturated heterocycles. The van der Waals surface area contributed by atoms with E-state index in [1.807, 2.05) is 18.2 Å². The van der Waals surface area contributed by atoms with Crippen molar-refractivity contribution in [2.24, 2.45) is 7.05 Å². The first-order valence-corrected chi connectivity index (χ1v) is 7.11. The van der Waals surface area contributed by atoms with Gasteiger partial charge in [0, 0.05) is 37.6 Å². The molecular formula is C15H17Cl2N3O2. The Morgan fingerprint density at radius 1 is 1.41 bits per heavy atom. The molecule has 0 saturated carbocycles. The zero-order valence-electron chi connectivity index (χ0n) is 12.1. The number of hydrogen-bond acceptors (Lipinski definition) is 3. The quantitative estimate of drug-likeness (QED) is 0.882. The maximum atomic E-state index is 12.2. The lowest BCUT2D eigenvalue weighted by Crippen LogP contribution is -2.16. The lowest BCUT2D eigenvalue weighted by Gasteiger charge is -2.10. The predicted octanol–water partition coefficient (Wildman–Crippen LogP) is 2.83. The van der Waals surface area contributed by atoms with Crippen LogP contribution in [0.2, 0.25) is 5.02 Å². The molecule has 7 heteroatoms. The highest BCUT2D eigenvalue weighted by Gasteiger charge is 2.13. The lowest BCUT2D eigenvalue weighted by molar-refractivity contribution is 0.101. The molecule has 0 fully saturated rings. The van der Waals surface area contributed by atoms with Gasteiger partial charge in [0.05, 0.1) is 5.02 Å². The molecule has 0 bridgehead atoms. The molecular weight excluding hydrogens is 325 g/mol. The van der Waals surface area contributed by atoms with Crippen molar-refractivity contribution in [1.82, 2.24) is 9.88 Å². The van der Waals surface area contributed by atoms with Crippen molar-refractivity contribution in [2.75, 3.05) is 18.5 Å². The van der Waals surface area contributed by atoms with E-state index in [9.17, 15) is 4.79 Å². The first-order chi connectivity index (χ1) is 10.1. The van der Waals surface area contributed by atoms with Gasteiger partial charge in [-0.05, 0) is 24.3 Å². The minimum Gasteiger partial charge on any atom is -0.492 e. The summed E-state index contributed by atoms with van der Waals surface area (Å²) >= 11 is 5.90. The topological polar surface area (TPSA) is 55.3 Å². The molecule has 0 spiro atoms. The third-order valence-corrected chi connectivity index (χ3v) is 3.58. The van der Waals surface area contributed by atoms with E-state index in [0.717, 1.165) is 30.1 Å². The number of carbonyl (C=O) groups excluding carboxylic acids is 1. The summed E-state index contributed by atoms with van der Waals surface area (Å²) in [5.74, 6) is 0.673. The van der Waals surface area contributed by atoms with E-state index in [4.69, 9.17) is 16.3 Å². The van der Waals surface area contributed by atoms with Crippen molar-refractivity contribution in [3.05, 3.63) is 46.7 Å². The lowest BCUT2D eigenvalue weighted by atomic mass is 10.1. The van der Waals surface area contributed by atoms with Crippen LogP contribution in [-0.2, 0) is 13.6 Å². The molecule has 1 amide bonds. The Labute approximate surface area is 140 Å². The van der Waals surface area contributed by atoms with Crippen LogP contribution >= 0.6 is 24.0 Å². The molecule has 0 unspecified atom stereocenters. The van der Waals surface area contributed by atoms with Gasteiger partial charge < -0.3 is 19.9 Å². The second kappa shape index (κ2) is 7.05. The molecule has 0 atom stereocenters. The summed E-state index contributed by atoms with van der Waals surface area (Å²) in [6.07, 6.45) is 1.70. The predicted molar refractivity (Wildman–Crippen MR) is 89.3 cm³/mol. The van der Waals surface area contributed by atoms with Crippen molar-refractivity contribution in [3.8, 4) is 5.75 Å². The zero-order chi connectivity index (χ0) is 14.8. The first-order valence-electron chi connectivity index (χ1n) is 6.73. The summed E-state index contributed by atoms with van der Waals surface area (Å²) in [7, 11) is 1.79. The number of rotatable bonds is 2. The zero-order valence-corrected chi connectivity index (χ0v) is 13.6. The number of anilines is 1. The van der Waals surface area contributed by atoms with Gasteiger partial charge in [-0.1, -0.05) is 11.6 Å². The van der Waals surface area contributed by atoms with Gasteiger partial charge in [-0.2, -0.15) is 0 Å². The molecule has 5 nitrogen and oxygen atoms in total. The Bertz CT molecular complexity index is 685. The molecule has 1 aliphatic rings. The van der Waals surface area contributed by atoms with E-state index in [2.05, 4.69) is 10.6 Å². The van der Waals surface area contributed by atoms with Crippen LogP contribution in [0.3, 0.4) is 0 Å². The van der Waals surface area contributed by atoms with Gasteiger partial charge in [0.25, 0.3) is 5.91 Å². The van der Waals surface area contributed by atoms with Crippen molar-refractivity contribution >= 4 is 35.6 Å². The minimum atomic E-state index is -0.188. The Morgan fingerprint density at radius 2 is 2.23 bits per heavy atom. The Hall–Kier alpha value is -1.69. The average Bonchev–Trinajstić information content (AvgIpc) is 2.66. The van der Waals surface area contributed by atoms with Crippen LogP contribution in [0.5, 0.6) is 5.75 Å². The van der Waals surface area contributed by atoms with Gasteiger partial charge in [0.1, 0.15) is 18.1 Å². The molecule has 2 heterocycles. The number of fused-ring (bicyclic) bond motifs is 1. The summed E-state index contributed by atoms with van der Waals surface area (Å²) in [4.78, 5) is 12.2. The van der Waals surface area contributed by atoms with Crippen LogP contribution in [0.1, 0.15) is 16.1 Å². The molecule has 3 rings (SSSR count). The number of hydrogen-bond donors (Lipinski definition) is 2. The molecule has 2 N–H and O–H groups in total. The van der Waals surface area contributed by atoms with Crippen LogP contribution < -0.4 is 15.4 Å². The summed E-state index contributed by atoms with van der Waals surface area (Å²) in [6, 6.07) is 7.30. The molecule has 1 aromatic carbocycles. The second-order valence-electron chi connectivity index (χ2n) is 4.96. The van der Waals surface area contributed by atoms with Gasteiger partial charge in [-0.3, -0.25) is 4.79 Å². The number of nitrogens with one attached hydrogen (secondary N) is 2. The van der Waals surface area contributed by atoms with E-state index in [1.165, 1.54) is 0 Å². The fourth-order valence-electron chi connectivity index (χ4n) is 2.34. The highest BCUT2D eigenvalue weighted by atomic mass is 35.5. The first kappa shape index (κ1) is 16.7. The summed E-state index contributed by atoms with van der Waals surface area (Å²) in [6.45, 7) is 2.20. The Kier molecular flexibility index (Phi) is 5.34. The van der Waals surface area contributed by atoms with Gasteiger partial charge >= 0.3 is 0 Å². The molecule has 0 aliphatic carbocycles. The molecule has 1 aromatic heterocycles. The van der Waals surface area contributed by atoms with Crippen LogP contribution in [-0.4, -0.2) is 23.6 Å². The fourth-order valence-corrected chi connectivity index (χ4v) is 2.59. The number of benzene rings is 1. The maximum Gasteiger partial charge on any atom is 0.272 e. The monoisotopic (exact) mass is 341 g/mol. The summed E-state index contributed by atoms with van der Waals surface area (Å²) < 4.78 is 7.32. The summed E-state index contributed by atoms with van der Waals surface area (Å²) in [5, 5.41) is 6.69. The largest absolute Gasteiger partial charge is 0.492 e. The Balaban J connectivity index is 0.00000176. The highest BCUT2D eigenvalue weighted by Crippen LogP contribution is 2.24. The van der Waals surface area contributed by atoms with Gasteiger partial charge in [-0.25, -0.2) is 0 Å². The van der Waals surface area contributed by atoms with Crippen LogP contribution in [0.25, 0.3) is 0 Å². The highest BCUT2D eigenvalue weighted by molar-refractivity contribution is 6.31. The maximum absolute atomic E-state index is 12.2. The molecule has 118 valence electrons. The van der Waals surface area contributed by atoms with Crippen molar-refractivity contribution < 1.29 is 9.53 Å². The Morgan fingerprint density at radius 3 is 2.95 bits per heavy atom. The number of aryl methyl sites for hydroxylation is 1. The standard InChI is InChI=1S/C15H16ClN3O2.ClH/c1-19-9-11(16)7-13(19)15(20)18-12-2-3-14-10(6-12)8-17-4-5-21-14;/h2-3,6-7,9,17H,4-5,8H2,1H3,(H,18,20);1H. The van der Waals surface area contributed by atoms with Crippen molar-refractivity contribution in [1.29, 1.82) is 0 Å². The third kappa shape index (κ3) is 3.55. The SMILES string of the molecule is Cl.Cn1cc(Cl)cc1C(=O)Nc1ccc2c(c1)CNCCO2. The molecule has 0 radical (unpaired) electrons. The second-order valence-corrected chi connectivity index (χ2v) is 5.39. The third-order valence-electron chi connectivity index (χ3n) is 3.37. The van der Waals surface area contributed by atoms with Gasteiger partial charge in [0.2, 0.25) is 0 Å². The normalized spacial score (nSPS) is 13.4. The minimum absolute atomic E-state index is 0. The van der Waals surface area contributed by atoms with Crippen molar-refractivity contribution in [2.45, 2.75) is 6.54 Å². The molecule has 2 aromatic rings. The van der Waals surface area contributed by atoms with E-state index in [1.54, 1.807) is 23.9 Å². The van der Waals surface area contributed by atoms with Crippen molar-refractivity contribution in [3.63, 3.8) is 0 Å². The number of carbonyl (C=O) groups is 1. The van der Waals surface area contributed by atoms with E-state index < -0.39 is 0 Å². The smallest absolute Gasteiger partial charge is 0.272 e. The molecule has 22 heavy (non-hydrogen) atoms. The van der Waals surface area contributed by atoms with E-state index in [-0.39, 0.29) is 18.3 Å². The number of nitrogens with zero attached hydrogens (tertiary/aromatic N) is 1. The van der Waals surface area contributed by atoms with E-state index in [0.29, 0.717) is 17.3 Å². The summed E-state index contributed by atoms with van der Waals surface area (Å²) in [5.41, 5.74) is 2.29. The number of amides is 1. The number of ether oxygens (including phenoxy) is 1. The van der Waals surface area contributed by atoms with Crippen LogP contribution in [0, 0.1) is 0 Å². The number of aromatic nitrogens is 1. The van der Waals surface area contributed by atoms with Gasteiger partial charge in [-0.15, -0.1) is 12.4 Å². The average molecular weight is 342 g/mol. The van der Waals surface area contributed by atoms with Gasteiger partial charge in [0.15, 0.2) is 0 Å². The van der Waals surface area contributed by atoms with Crippen LogP contribution in [0.4, 0.5) is 5.69 Å². The van der Waals surface area contributed by atoms with E-state index >= 15 is 0 Å². The number of halogens is 2.